The van der Waals surface area contributed by atoms with E-state index in [0.717, 1.165) is 19.7 Å². The van der Waals surface area contributed by atoms with E-state index in [1.54, 1.807) is 0 Å². The number of hydrogen-bond acceptors (Lipinski definition) is 3. The third kappa shape index (κ3) is 3.59. The second-order valence-corrected chi connectivity index (χ2v) is 5.38. The Morgan fingerprint density at radius 3 is 2.67 bits per heavy atom. The molecule has 0 aromatic rings. The molecule has 2 heterocycles. The van der Waals surface area contributed by atoms with Crippen molar-refractivity contribution in [2.24, 2.45) is 11.3 Å². The van der Waals surface area contributed by atoms with E-state index < -0.39 is 0 Å². The first-order chi connectivity index (χ1) is 6.67. The number of rotatable bonds is 1. The van der Waals surface area contributed by atoms with Crippen LogP contribution in [0, 0.1) is 11.3 Å². The van der Waals surface area contributed by atoms with Crippen LogP contribution in [-0.4, -0.2) is 32.5 Å². The Bertz CT molecular complexity index is 183. The van der Waals surface area contributed by atoms with E-state index in [0.29, 0.717) is 11.3 Å². The molecule has 2 rings (SSSR count). The molecule has 2 unspecified atom stereocenters. The SMILES string of the molecule is CC1(C)CNC(C2CCCNC2)OC1.Cl. The van der Waals surface area contributed by atoms with Gasteiger partial charge in [-0.2, -0.15) is 0 Å². The van der Waals surface area contributed by atoms with Gasteiger partial charge in [-0.05, 0) is 19.4 Å². The molecule has 0 aliphatic carbocycles. The molecule has 2 aliphatic rings. The van der Waals surface area contributed by atoms with Crippen LogP contribution < -0.4 is 10.6 Å². The van der Waals surface area contributed by atoms with Gasteiger partial charge in [0.2, 0.25) is 0 Å². The number of nitrogens with one attached hydrogen (secondary N) is 2. The van der Waals surface area contributed by atoms with Crippen LogP contribution in [0.3, 0.4) is 0 Å². The summed E-state index contributed by atoms with van der Waals surface area (Å²) >= 11 is 0. The average Bonchev–Trinajstić information content (AvgIpc) is 2.19. The van der Waals surface area contributed by atoms with Crippen molar-refractivity contribution < 1.29 is 4.74 Å². The third-order valence-corrected chi connectivity index (χ3v) is 3.20. The van der Waals surface area contributed by atoms with Gasteiger partial charge >= 0.3 is 0 Å². The highest BCUT2D eigenvalue weighted by molar-refractivity contribution is 5.85. The molecule has 2 aliphatic heterocycles. The first-order valence-corrected chi connectivity index (χ1v) is 5.73. The van der Waals surface area contributed by atoms with Gasteiger partial charge in [0.25, 0.3) is 0 Å². The summed E-state index contributed by atoms with van der Waals surface area (Å²) in [5.41, 5.74) is 0.304. The quantitative estimate of drug-likeness (QED) is 0.719. The molecule has 2 N–H and O–H groups in total. The Morgan fingerprint density at radius 2 is 2.13 bits per heavy atom. The van der Waals surface area contributed by atoms with Crippen LogP contribution in [-0.2, 0) is 4.74 Å². The van der Waals surface area contributed by atoms with Crippen LogP contribution in [0.4, 0.5) is 0 Å². The van der Waals surface area contributed by atoms with Gasteiger partial charge in [-0.25, -0.2) is 0 Å². The van der Waals surface area contributed by atoms with Crippen molar-refractivity contribution in [3.05, 3.63) is 0 Å². The highest BCUT2D eigenvalue weighted by Gasteiger charge is 2.32. The zero-order valence-electron chi connectivity index (χ0n) is 9.71. The summed E-state index contributed by atoms with van der Waals surface area (Å²) < 4.78 is 5.88. The maximum absolute atomic E-state index is 5.88. The van der Waals surface area contributed by atoms with Crippen molar-refractivity contribution in [3.63, 3.8) is 0 Å². The standard InChI is InChI=1S/C11H22N2O.ClH/c1-11(2)7-13-10(14-8-11)9-4-3-5-12-6-9;/h9-10,12-13H,3-8H2,1-2H3;1H. The van der Waals surface area contributed by atoms with Crippen LogP contribution >= 0.6 is 12.4 Å². The predicted molar refractivity (Wildman–Crippen MR) is 64.4 cm³/mol. The summed E-state index contributed by atoms with van der Waals surface area (Å²) in [6, 6.07) is 0. The third-order valence-electron chi connectivity index (χ3n) is 3.20. The molecule has 15 heavy (non-hydrogen) atoms. The van der Waals surface area contributed by atoms with Crippen molar-refractivity contribution in [1.82, 2.24) is 10.6 Å². The van der Waals surface area contributed by atoms with Gasteiger partial charge < -0.3 is 10.1 Å². The lowest BCUT2D eigenvalue weighted by molar-refractivity contribution is -0.0883. The Labute approximate surface area is 98.7 Å². The van der Waals surface area contributed by atoms with E-state index in [4.69, 9.17) is 4.74 Å². The zero-order valence-corrected chi connectivity index (χ0v) is 10.5. The maximum atomic E-state index is 5.88. The number of ether oxygens (including phenoxy) is 1. The van der Waals surface area contributed by atoms with Gasteiger partial charge in [0.05, 0.1) is 6.61 Å². The van der Waals surface area contributed by atoms with Crippen molar-refractivity contribution >= 4 is 12.4 Å². The zero-order chi connectivity index (χ0) is 10.0. The van der Waals surface area contributed by atoms with E-state index in [-0.39, 0.29) is 18.6 Å². The molecular weight excluding hydrogens is 212 g/mol. The van der Waals surface area contributed by atoms with Crippen LogP contribution in [0.2, 0.25) is 0 Å². The first kappa shape index (κ1) is 13.2. The summed E-state index contributed by atoms with van der Waals surface area (Å²) in [6.45, 7) is 8.74. The molecule has 3 nitrogen and oxygen atoms in total. The number of halogens is 1. The van der Waals surface area contributed by atoms with E-state index in [9.17, 15) is 0 Å². The number of hydrogen-bond donors (Lipinski definition) is 2. The minimum Gasteiger partial charge on any atom is -0.362 e. The Hall–Kier alpha value is 0.170. The Kier molecular flexibility index (Phi) is 4.84. The summed E-state index contributed by atoms with van der Waals surface area (Å²) in [4.78, 5) is 0. The van der Waals surface area contributed by atoms with Crippen LogP contribution in [0.5, 0.6) is 0 Å². The summed E-state index contributed by atoms with van der Waals surface area (Å²) in [5, 5.41) is 6.95. The monoisotopic (exact) mass is 234 g/mol. The van der Waals surface area contributed by atoms with Gasteiger partial charge in [-0.1, -0.05) is 13.8 Å². The van der Waals surface area contributed by atoms with Crippen molar-refractivity contribution in [2.75, 3.05) is 26.2 Å². The van der Waals surface area contributed by atoms with E-state index in [2.05, 4.69) is 24.5 Å². The minimum atomic E-state index is 0. The molecule has 0 radical (unpaired) electrons. The average molecular weight is 235 g/mol. The van der Waals surface area contributed by atoms with Gasteiger partial charge in [0.15, 0.2) is 0 Å². The molecule has 4 heteroatoms. The molecule has 90 valence electrons. The van der Waals surface area contributed by atoms with E-state index >= 15 is 0 Å². The molecule has 2 fully saturated rings. The molecule has 0 bridgehead atoms. The number of piperidine rings is 1. The van der Waals surface area contributed by atoms with Gasteiger partial charge in [-0.15, -0.1) is 12.4 Å². The minimum absolute atomic E-state index is 0. The lowest BCUT2D eigenvalue weighted by atomic mass is 9.90. The normalized spacial score (nSPS) is 35.6. The Balaban J connectivity index is 0.00000112. The lowest BCUT2D eigenvalue weighted by Crippen LogP contribution is -2.53. The first-order valence-electron chi connectivity index (χ1n) is 5.73. The second-order valence-electron chi connectivity index (χ2n) is 5.38. The maximum Gasteiger partial charge on any atom is 0.112 e. The summed E-state index contributed by atoms with van der Waals surface area (Å²) in [7, 11) is 0. The van der Waals surface area contributed by atoms with Crippen molar-refractivity contribution in [2.45, 2.75) is 32.9 Å². The van der Waals surface area contributed by atoms with Gasteiger partial charge in [-0.3, -0.25) is 5.32 Å². The summed E-state index contributed by atoms with van der Waals surface area (Å²) in [5.74, 6) is 0.667. The highest BCUT2D eigenvalue weighted by atomic mass is 35.5. The predicted octanol–water partition coefficient (Wildman–Crippen LogP) is 1.38. The van der Waals surface area contributed by atoms with Crippen LogP contribution in [0.25, 0.3) is 0 Å². The molecule has 0 aromatic carbocycles. The fourth-order valence-corrected chi connectivity index (χ4v) is 2.24. The molecule has 0 amide bonds. The fourth-order valence-electron chi connectivity index (χ4n) is 2.24. The van der Waals surface area contributed by atoms with Crippen molar-refractivity contribution in [3.8, 4) is 0 Å². The van der Waals surface area contributed by atoms with Crippen molar-refractivity contribution in [1.29, 1.82) is 0 Å². The highest BCUT2D eigenvalue weighted by Crippen LogP contribution is 2.24. The smallest absolute Gasteiger partial charge is 0.112 e. The van der Waals surface area contributed by atoms with Crippen LogP contribution in [0.1, 0.15) is 26.7 Å². The largest absolute Gasteiger partial charge is 0.362 e. The molecular formula is C11H23ClN2O. The molecule has 2 saturated heterocycles. The molecule has 2 atom stereocenters. The van der Waals surface area contributed by atoms with E-state index in [1.807, 2.05) is 0 Å². The topological polar surface area (TPSA) is 33.3 Å². The fraction of sp³-hybridized carbons (Fsp3) is 1.00. The molecule has 0 saturated carbocycles. The summed E-state index contributed by atoms with van der Waals surface area (Å²) in [6.07, 6.45) is 2.87. The second kappa shape index (κ2) is 5.48. The van der Waals surface area contributed by atoms with E-state index in [1.165, 1.54) is 19.4 Å². The Morgan fingerprint density at radius 1 is 1.33 bits per heavy atom. The molecule has 0 spiro atoms. The van der Waals surface area contributed by atoms with Gasteiger partial charge in [0, 0.05) is 24.4 Å². The molecule has 0 aromatic heterocycles. The lowest BCUT2D eigenvalue weighted by Gasteiger charge is -2.40. The van der Waals surface area contributed by atoms with Crippen LogP contribution in [0.15, 0.2) is 0 Å². The van der Waals surface area contributed by atoms with Gasteiger partial charge in [0.1, 0.15) is 6.23 Å².